The van der Waals surface area contributed by atoms with Crippen molar-refractivity contribution in [1.82, 2.24) is 9.55 Å². The molecule has 0 aliphatic carbocycles. The third-order valence-corrected chi connectivity index (χ3v) is 5.49. The summed E-state index contributed by atoms with van der Waals surface area (Å²) < 4.78 is 2.09. The molecule has 4 nitrogen and oxygen atoms in total. The minimum Gasteiger partial charge on any atom is -0.371 e. The maximum absolute atomic E-state index is 5.78. The number of benzene rings is 2. The van der Waals surface area contributed by atoms with Gasteiger partial charge in [-0.1, -0.05) is 30.3 Å². The Labute approximate surface area is 149 Å². The van der Waals surface area contributed by atoms with Crippen LogP contribution < -0.4 is 10.6 Å². The number of aryl methyl sites for hydroxylation is 1. The smallest absolute Gasteiger partial charge is 0.123 e. The summed E-state index contributed by atoms with van der Waals surface area (Å²) >= 11 is 0. The van der Waals surface area contributed by atoms with Crippen LogP contribution in [0.5, 0.6) is 0 Å². The van der Waals surface area contributed by atoms with Crippen LogP contribution in [0.4, 0.5) is 5.69 Å². The molecule has 2 aromatic carbocycles. The first-order valence-electron chi connectivity index (χ1n) is 9.19. The molecule has 25 heavy (non-hydrogen) atoms. The van der Waals surface area contributed by atoms with Gasteiger partial charge in [-0.15, -0.1) is 0 Å². The summed E-state index contributed by atoms with van der Waals surface area (Å²) in [7, 11) is 2.03. The van der Waals surface area contributed by atoms with Crippen LogP contribution in [0.25, 0.3) is 11.0 Å². The SMILES string of the molecule is Cn1c(CN)nc2cc(N3CCC(Cc4ccccc4)CC3)ccc21. The molecule has 0 amide bonds. The van der Waals surface area contributed by atoms with E-state index < -0.39 is 0 Å². The first kappa shape index (κ1) is 16.2. The van der Waals surface area contributed by atoms with Gasteiger partial charge in [0.1, 0.15) is 5.82 Å². The van der Waals surface area contributed by atoms with Gasteiger partial charge in [-0.3, -0.25) is 0 Å². The summed E-state index contributed by atoms with van der Waals surface area (Å²) in [4.78, 5) is 7.17. The number of anilines is 1. The zero-order valence-corrected chi connectivity index (χ0v) is 14.9. The fourth-order valence-corrected chi connectivity index (χ4v) is 3.96. The van der Waals surface area contributed by atoms with Crippen LogP contribution in [0.1, 0.15) is 24.2 Å². The number of rotatable bonds is 4. The van der Waals surface area contributed by atoms with Crippen molar-refractivity contribution in [1.29, 1.82) is 0 Å². The van der Waals surface area contributed by atoms with Crippen LogP contribution in [0.15, 0.2) is 48.5 Å². The van der Waals surface area contributed by atoms with Gasteiger partial charge >= 0.3 is 0 Å². The molecular weight excluding hydrogens is 308 g/mol. The first-order chi connectivity index (χ1) is 12.2. The lowest BCUT2D eigenvalue weighted by atomic mass is 9.90. The topological polar surface area (TPSA) is 47.1 Å². The van der Waals surface area contributed by atoms with E-state index in [1.165, 1.54) is 30.5 Å². The van der Waals surface area contributed by atoms with Crippen LogP contribution in [-0.4, -0.2) is 22.6 Å². The van der Waals surface area contributed by atoms with Crippen LogP contribution in [0, 0.1) is 5.92 Å². The van der Waals surface area contributed by atoms with Crippen molar-refractivity contribution < 1.29 is 0 Å². The van der Waals surface area contributed by atoms with Gasteiger partial charge in [-0.05, 0) is 48.9 Å². The largest absolute Gasteiger partial charge is 0.371 e. The quantitative estimate of drug-likeness (QED) is 0.794. The Kier molecular flexibility index (Phi) is 4.45. The molecule has 1 aliphatic heterocycles. The van der Waals surface area contributed by atoms with Crippen LogP contribution in [0.3, 0.4) is 0 Å². The number of imidazole rings is 1. The van der Waals surface area contributed by atoms with Crippen LogP contribution in [-0.2, 0) is 20.0 Å². The second kappa shape index (κ2) is 6.89. The normalized spacial score (nSPS) is 15.8. The molecule has 0 atom stereocenters. The summed E-state index contributed by atoms with van der Waals surface area (Å²) in [5.41, 5.74) is 10.7. The molecule has 4 rings (SSSR count). The second-order valence-electron chi connectivity index (χ2n) is 7.08. The number of hydrogen-bond donors (Lipinski definition) is 1. The van der Waals surface area contributed by atoms with Crippen molar-refractivity contribution >= 4 is 16.7 Å². The molecule has 0 spiro atoms. The third kappa shape index (κ3) is 3.27. The minimum atomic E-state index is 0.478. The molecule has 1 fully saturated rings. The van der Waals surface area contributed by atoms with Gasteiger partial charge in [0, 0.05) is 25.8 Å². The van der Waals surface area contributed by atoms with Gasteiger partial charge in [0.15, 0.2) is 0 Å². The van der Waals surface area contributed by atoms with E-state index in [1.54, 1.807) is 0 Å². The standard InChI is InChI=1S/C21H26N4/c1-24-20-8-7-18(14-19(20)23-21(24)15-22)25-11-9-17(10-12-25)13-16-5-3-2-4-6-16/h2-8,14,17H,9-13,15,22H2,1H3. The average Bonchev–Trinajstić information content (AvgIpc) is 2.98. The summed E-state index contributed by atoms with van der Waals surface area (Å²) in [6.45, 7) is 2.73. The van der Waals surface area contributed by atoms with Crippen molar-refractivity contribution in [2.45, 2.75) is 25.8 Å². The van der Waals surface area contributed by atoms with E-state index in [9.17, 15) is 0 Å². The maximum atomic E-state index is 5.78. The molecule has 2 N–H and O–H groups in total. The Hall–Kier alpha value is -2.33. The van der Waals surface area contributed by atoms with Gasteiger partial charge < -0.3 is 15.2 Å². The Morgan fingerprint density at radius 2 is 1.84 bits per heavy atom. The van der Waals surface area contributed by atoms with E-state index >= 15 is 0 Å². The van der Waals surface area contributed by atoms with Crippen molar-refractivity contribution in [3.8, 4) is 0 Å². The predicted molar refractivity (Wildman–Crippen MR) is 104 cm³/mol. The number of aromatic nitrogens is 2. The van der Waals surface area contributed by atoms with Gasteiger partial charge in [-0.2, -0.15) is 0 Å². The van der Waals surface area contributed by atoms with Crippen LogP contribution >= 0.6 is 0 Å². The molecular formula is C21H26N4. The van der Waals surface area contributed by atoms with Crippen molar-refractivity contribution in [3.63, 3.8) is 0 Å². The van der Waals surface area contributed by atoms with E-state index in [2.05, 4.69) is 63.0 Å². The molecule has 0 unspecified atom stereocenters. The Balaban J connectivity index is 1.44. The zero-order valence-electron chi connectivity index (χ0n) is 14.9. The monoisotopic (exact) mass is 334 g/mol. The van der Waals surface area contributed by atoms with E-state index in [4.69, 9.17) is 5.73 Å². The molecule has 3 aromatic rings. The van der Waals surface area contributed by atoms with Crippen molar-refractivity contribution in [2.75, 3.05) is 18.0 Å². The molecule has 1 aliphatic rings. The summed E-state index contributed by atoms with van der Waals surface area (Å²) in [6, 6.07) is 17.5. The Morgan fingerprint density at radius 1 is 1.08 bits per heavy atom. The van der Waals surface area contributed by atoms with Gasteiger partial charge in [0.2, 0.25) is 0 Å². The lowest BCUT2D eigenvalue weighted by Gasteiger charge is -2.33. The van der Waals surface area contributed by atoms with Crippen molar-refractivity contribution in [2.24, 2.45) is 18.7 Å². The van der Waals surface area contributed by atoms with E-state index in [-0.39, 0.29) is 0 Å². The highest BCUT2D eigenvalue weighted by atomic mass is 15.1. The van der Waals surface area contributed by atoms with Gasteiger partial charge in [0.25, 0.3) is 0 Å². The molecule has 4 heteroatoms. The van der Waals surface area contributed by atoms with Gasteiger partial charge in [0.05, 0.1) is 17.6 Å². The molecule has 0 radical (unpaired) electrons. The summed E-state index contributed by atoms with van der Waals surface area (Å²) in [5, 5.41) is 0. The molecule has 130 valence electrons. The number of piperidine rings is 1. The highest BCUT2D eigenvalue weighted by Gasteiger charge is 2.20. The highest BCUT2D eigenvalue weighted by Crippen LogP contribution is 2.28. The first-order valence-corrected chi connectivity index (χ1v) is 9.19. The number of nitrogens with two attached hydrogens (primary N) is 1. The fraction of sp³-hybridized carbons (Fsp3) is 0.381. The number of fused-ring (bicyclic) bond motifs is 1. The summed E-state index contributed by atoms with van der Waals surface area (Å²) in [6.07, 6.45) is 3.71. The zero-order chi connectivity index (χ0) is 17.2. The van der Waals surface area contributed by atoms with E-state index in [0.29, 0.717) is 6.54 Å². The molecule has 0 bridgehead atoms. The van der Waals surface area contributed by atoms with Crippen LogP contribution in [0.2, 0.25) is 0 Å². The maximum Gasteiger partial charge on any atom is 0.123 e. The van der Waals surface area contributed by atoms with E-state index in [1.807, 2.05) is 7.05 Å². The Bertz CT molecular complexity index is 845. The van der Waals surface area contributed by atoms with Gasteiger partial charge in [-0.25, -0.2) is 4.98 Å². The summed E-state index contributed by atoms with van der Waals surface area (Å²) in [5.74, 6) is 1.73. The lowest BCUT2D eigenvalue weighted by Crippen LogP contribution is -2.34. The molecule has 0 saturated carbocycles. The van der Waals surface area contributed by atoms with E-state index in [0.717, 1.165) is 35.9 Å². The fourth-order valence-electron chi connectivity index (χ4n) is 3.96. The molecule has 2 heterocycles. The molecule has 1 saturated heterocycles. The predicted octanol–water partition coefficient (Wildman–Crippen LogP) is 3.49. The second-order valence-corrected chi connectivity index (χ2v) is 7.08. The van der Waals surface area contributed by atoms with Crippen molar-refractivity contribution in [3.05, 3.63) is 59.9 Å². The minimum absolute atomic E-state index is 0.478. The third-order valence-electron chi connectivity index (χ3n) is 5.49. The lowest BCUT2D eigenvalue weighted by molar-refractivity contribution is 0.404. The number of nitrogens with zero attached hydrogens (tertiary/aromatic N) is 3. The average molecular weight is 334 g/mol. The Morgan fingerprint density at radius 3 is 2.56 bits per heavy atom. The molecule has 1 aromatic heterocycles. The number of hydrogen-bond acceptors (Lipinski definition) is 3. The highest BCUT2D eigenvalue weighted by molar-refractivity contribution is 5.80.